The van der Waals surface area contributed by atoms with E-state index in [9.17, 15) is 4.79 Å². The Morgan fingerprint density at radius 3 is 2.59 bits per heavy atom. The van der Waals surface area contributed by atoms with Gasteiger partial charge in [0.15, 0.2) is 0 Å². The average Bonchev–Trinajstić information content (AvgIpc) is 2.89. The number of ether oxygens (including phenoxy) is 1. The molecule has 3 aromatic rings. The van der Waals surface area contributed by atoms with E-state index in [0.29, 0.717) is 24.4 Å². The lowest BCUT2D eigenvalue weighted by Crippen LogP contribution is -2.33. The third kappa shape index (κ3) is 3.33. The smallest absolute Gasteiger partial charge is 0.254 e. The molecule has 1 aliphatic heterocycles. The molecule has 0 spiro atoms. The summed E-state index contributed by atoms with van der Waals surface area (Å²) in [5, 5.41) is 4.74. The molecule has 0 atom stereocenters. The summed E-state index contributed by atoms with van der Waals surface area (Å²) in [6.45, 7) is 1.36. The summed E-state index contributed by atoms with van der Waals surface area (Å²) in [6, 6.07) is 17.7. The van der Waals surface area contributed by atoms with Crippen LogP contribution in [0, 0.1) is 0 Å². The van der Waals surface area contributed by atoms with Gasteiger partial charge in [0.2, 0.25) is 0 Å². The maximum Gasteiger partial charge on any atom is 0.254 e. The van der Waals surface area contributed by atoms with Gasteiger partial charge in [0.1, 0.15) is 5.75 Å². The second-order valence-electron chi connectivity index (χ2n) is 6.79. The molecule has 0 fully saturated rings. The van der Waals surface area contributed by atoms with E-state index in [1.54, 1.807) is 13.2 Å². The van der Waals surface area contributed by atoms with Crippen molar-refractivity contribution in [3.63, 3.8) is 0 Å². The van der Waals surface area contributed by atoms with Crippen molar-refractivity contribution in [1.29, 1.82) is 0 Å². The van der Waals surface area contributed by atoms with Crippen molar-refractivity contribution in [2.75, 3.05) is 20.2 Å². The van der Waals surface area contributed by atoms with E-state index < -0.39 is 0 Å². The summed E-state index contributed by atoms with van der Waals surface area (Å²) >= 11 is 0. The summed E-state index contributed by atoms with van der Waals surface area (Å²) in [5.74, 6) is 0.748. The largest absolute Gasteiger partial charge is 0.497 e. The van der Waals surface area contributed by atoms with Crippen LogP contribution < -0.4 is 4.74 Å². The predicted octanol–water partition coefficient (Wildman–Crippen LogP) is 3.34. The minimum Gasteiger partial charge on any atom is -0.497 e. The van der Waals surface area contributed by atoms with Gasteiger partial charge in [0, 0.05) is 43.2 Å². The Morgan fingerprint density at radius 2 is 1.81 bits per heavy atom. The third-order valence-corrected chi connectivity index (χ3v) is 5.13. The van der Waals surface area contributed by atoms with Gasteiger partial charge in [-0.15, -0.1) is 0 Å². The highest BCUT2D eigenvalue weighted by Gasteiger charge is 2.25. The van der Waals surface area contributed by atoms with Crippen LogP contribution in [0.2, 0.25) is 0 Å². The first-order valence-electron chi connectivity index (χ1n) is 9.21. The Labute approximate surface area is 159 Å². The molecule has 138 valence electrons. The predicted molar refractivity (Wildman–Crippen MR) is 105 cm³/mol. The first-order chi connectivity index (χ1) is 13.2. The number of benzene rings is 2. The van der Waals surface area contributed by atoms with Gasteiger partial charge in [-0.05, 0) is 24.6 Å². The van der Waals surface area contributed by atoms with Crippen molar-refractivity contribution in [3.05, 3.63) is 71.4 Å². The number of amides is 1. The minimum absolute atomic E-state index is 0.0460. The molecule has 0 saturated carbocycles. The van der Waals surface area contributed by atoms with E-state index >= 15 is 0 Å². The molecule has 5 nitrogen and oxygen atoms in total. The van der Waals surface area contributed by atoms with Crippen LogP contribution in [-0.4, -0.2) is 40.8 Å². The molecule has 0 bridgehead atoms. The molecule has 0 aliphatic carbocycles. The van der Waals surface area contributed by atoms with Crippen LogP contribution in [0.1, 0.15) is 21.6 Å². The van der Waals surface area contributed by atoms with Crippen molar-refractivity contribution in [1.82, 2.24) is 14.7 Å². The number of carbonyl (C=O) groups excluding carboxylic acids is 1. The van der Waals surface area contributed by atoms with Crippen LogP contribution in [-0.2, 0) is 19.9 Å². The van der Waals surface area contributed by atoms with Crippen LogP contribution in [0.15, 0.2) is 54.6 Å². The monoisotopic (exact) mass is 361 g/mol. The maximum atomic E-state index is 13.0. The quantitative estimate of drug-likeness (QED) is 0.719. The van der Waals surface area contributed by atoms with E-state index in [2.05, 4.69) is 12.1 Å². The number of rotatable bonds is 3. The molecule has 1 aromatic heterocycles. The van der Waals surface area contributed by atoms with Crippen LogP contribution >= 0.6 is 0 Å². The lowest BCUT2D eigenvalue weighted by atomic mass is 10.0. The molecule has 1 amide bonds. The van der Waals surface area contributed by atoms with Gasteiger partial charge in [0.25, 0.3) is 5.91 Å². The topological polar surface area (TPSA) is 47.4 Å². The lowest BCUT2D eigenvalue weighted by Gasteiger charge is -2.20. The summed E-state index contributed by atoms with van der Waals surface area (Å²) in [5.41, 5.74) is 5.34. The zero-order chi connectivity index (χ0) is 18.8. The van der Waals surface area contributed by atoms with E-state index in [1.165, 1.54) is 11.1 Å². The minimum atomic E-state index is 0.0460. The SMILES string of the molecule is COc1cccc(C(=O)N2CCc3nn(C)c(-c4ccccc4)c3CC2)c1. The van der Waals surface area contributed by atoms with Crippen molar-refractivity contribution >= 4 is 5.91 Å². The first-order valence-corrected chi connectivity index (χ1v) is 9.21. The van der Waals surface area contributed by atoms with Crippen LogP contribution in [0.4, 0.5) is 0 Å². The summed E-state index contributed by atoms with van der Waals surface area (Å²) in [7, 11) is 3.61. The molecule has 0 saturated heterocycles. The molecule has 0 N–H and O–H groups in total. The Kier molecular flexibility index (Phi) is 4.67. The number of carbonyl (C=O) groups is 1. The van der Waals surface area contributed by atoms with Gasteiger partial charge in [-0.1, -0.05) is 36.4 Å². The fourth-order valence-electron chi connectivity index (χ4n) is 3.79. The second kappa shape index (κ2) is 7.27. The fourth-order valence-corrected chi connectivity index (χ4v) is 3.79. The molecule has 4 rings (SSSR count). The van der Waals surface area contributed by atoms with Gasteiger partial charge < -0.3 is 9.64 Å². The Balaban J connectivity index is 1.59. The van der Waals surface area contributed by atoms with E-state index in [-0.39, 0.29) is 5.91 Å². The second-order valence-corrected chi connectivity index (χ2v) is 6.79. The maximum absolute atomic E-state index is 13.0. The molecular weight excluding hydrogens is 338 g/mol. The zero-order valence-corrected chi connectivity index (χ0v) is 15.7. The number of fused-ring (bicyclic) bond motifs is 1. The molecule has 0 radical (unpaired) electrons. The first kappa shape index (κ1) is 17.3. The molecular formula is C22H23N3O2. The lowest BCUT2D eigenvalue weighted by molar-refractivity contribution is 0.0762. The average molecular weight is 361 g/mol. The highest BCUT2D eigenvalue weighted by Crippen LogP contribution is 2.28. The van der Waals surface area contributed by atoms with Crippen molar-refractivity contribution in [3.8, 4) is 17.0 Å². The van der Waals surface area contributed by atoms with E-state index in [4.69, 9.17) is 9.84 Å². The number of hydrogen-bond acceptors (Lipinski definition) is 3. The standard InChI is InChI=1S/C22H23N3O2/c1-24-21(16-7-4-3-5-8-16)19-11-13-25(14-12-20(19)23-24)22(26)17-9-6-10-18(15-17)27-2/h3-10,15H,11-14H2,1-2H3. The Hall–Kier alpha value is -3.08. The number of aryl methyl sites for hydroxylation is 1. The van der Waals surface area contributed by atoms with Crippen LogP contribution in [0.3, 0.4) is 0 Å². The molecule has 2 heterocycles. The highest BCUT2D eigenvalue weighted by molar-refractivity contribution is 5.94. The molecule has 0 unspecified atom stereocenters. The summed E-state index contributed by atoms with van der Waals surface area (Å²) in [6.07, 6.45) is 1.58. The third-order valence-electron chi connectivity index (χ3n) is 5.13. The van der Waals surface area contributed by atoms with E-state index in [0.717, 1.165) is 24.2 Å². The molecule has 27 heavy (non-hydrogen) atoms. The molecule has 2 aromatic carbocycles. The van der Waals surface area contributed by atoms with Gasteiger partial charge in [-0.3, -0.25) is 9.48 Å². The number of aromatic nitrogens is 2. The van der Waals surface area contributed by atoms with Gasteiger partial charge in [0.05, 0.1) is 18.5 Å². The highest BCUT2D eigenvalue weighted by atomic mass is 16.5. The zero-order valence-electron chi connectivity index (χ0n) is 15.7. The van der Waals surface area contributed by atoms with Crippen LogP contribution in [0.5, 0.6) is 5.75 Å². The molecule has 1 aliphatic rings. The number of hydrogen-bond donors (Lipinski definition) is 0. The normalized spacial score (nSPS) is 13.8. The summed E-state index contributed by atoms with van der Waals surface area (Å²) < 4.78 is 7.22. The fraction of sp³-hybridized carbons (Fsp3) is 0.273. The Morgan fingerprint density at radius 1 is 1.04 bits per heavy atom. The number of nitrogens with zero attached hydrogens (tertiary/aromatic N) is 3. The van der Waals surface area contributed by atoms with Crippen LogP contribution in [0.25, 0.3) is 11.3 Å². The Bertz CT molecular complexity index is 963. The van der Waals surface area contributed by atoms with Gasteiger partial charge in [-0.25, -0.2) is 0 Å². The van der Waals surface area contributed by atoms with E-state index in [1.807, 2.05) is 53.0 Å². The van der Waals surface area contributed by atoms with Crippen molar-refractivity contribution < 1.29 is 9.53 Å². The van der Waals surface area contributed by atoms with Crippen molar-refractivity contribution in [2.24, 2.45) is 7.05 Å². The van der Waals surface area contributed by atoms with Gasteiger partial charge >= 0.3 is 0 Å². The van der Waals surface area contributed by atoms with Crippen molar-refractivity contribution in [2.45, 2.75) is 12.8 Å². The molecule has 5 heteroatoms. The number of methoxy groups -OCH3 is 1. The van der Waals surface area contributed by atoms with Gasteiger partial charge in [-0.2, -0.15) is 5.10 Å². The summed E-state index contributed by atoms with van der Waals surface area (Å²) in [4.78, 5) is 14.9.